The van der Waals surface area contributed by atoms with Crippen LogP contribution in [0.15, 0.2) is 71.6 Å². The zero-order chi connectivity index (χ0) is 32.4. The molecule has 0 unspecified atom stereocenters. The topological polar surface area (TPSA) is 124 Å². The number of hydrogen-bond acceptors (Lipinski definition) is 8. The Bertz CT molecular complexity index is 1530. The first-order valence-electron chi connectivity index (χ1n) is 14.0. The van der Waals surface area contributed by atoms with Gasteiger partial charge < -0.3 is 29.2 Å². The zero-order valence-corrected chi connectivity index (χ0v) is 27.0. The molecular formula is C32H41N3O8S. The van der Waals surface area contributed by atoms with E-state index in [1.165, 1.54) is 57.6 Å². The van der Waals surface area contributed by atoms with E-state index in [0.29, 0.717) is 18.0 Å². The second-order valence-electron chi connectivity index (χ2n) is 10.4. The predicted molar refractivity (Wildman–Crippen MR) is 168 cm³/mol. The number of nitrogens with zero attached hydrogens (tertiary/aromatic N) is 2. The third-order valence-corrected chi connectivity index (χ3v) is 8.68. The van der Waals surface area contributed by atoms with Crippen molar-refractivity contribution >= 4 is 27.5 Å². The first-order valence-corrected chi connectivity index (χ1v) is 15.5. The molecule has 3 rings (SSSR count). The Labute approximate surface area is 259 Å². The molecule has 0 bridgehead atoms. The lowest BCUT2D eigenvalue weighted by Gasteiger charge is -2.32. The molecule has 1 atom stereocenters. The summed E-state index contributed by atoms with van der Waals surface area (Å²) in [7, 11) is 1.26. The molecule has 0 spiro atoms. The van der Waals surface area contributed by atoms with Crippen LogP contribution in [0, 0.1) is 5.92 Å². The minimum Gasteiger partial charge on any atom is -0.497 e. The van der Waals surface area contributed by atoms with Gasteiger partial charge in [0.2, 0.25) is 11.8 Å². The molecule has 44 heavy (non-hydrogen) atoms. The van der Waals surface area contributed by atoms with Gasteiger partial charge in [0.05, 0.1) is 39.0 Å². The summed E-state index contributed by atoms with van der Waals surface area (Å²) in [5, 5.41) is 2.87. The molecule has 0 aromatic heterocycles. The van der Waals surface area contributed by atoms with Crippen molar-refractivity contribution in [1.82, 2.24) is 10.2 Å². The minimum absolute atomic E-state index is 0.0755. The molecule has 0 saturated carbocycles. The average Bonchev–Trinajstić information content (AvgIpc) is 3.04. The van der Waals surface area contributed by atoms with Gasteiger partial charge in [-0.05, 0) is 42.7 Å². The van der Waals surface area contributed by atoms with Crippen molar-refractivity contribution in [1.29, 1.82) is 0 Å². The Balaban J connectivity index is 2.14. The Morgan fingerprint density at radius 3 is 2.02 bits per heavy atom. The molecule has 0 aliphatic carbocycles. The predicted octanol–water partition coefficient (Wildman–Crippen LogP) is 4.11. The van der Waals surface area contributed by atoms with E-state index >= 15 is 0 Å². The molecule has 0 saturated heterocycles. The molecule has 0 aliphatic heterocycles. The van der Waals surface area contributed by atoms with Gasteiger partial charge in [0.25, 0.3) is 10.0 Å². The van der Waals surface area contributed by atoms with E-state index < -0.39 is 28.5 Å². The number of nitrogens with one attached hydrogen (secondary N) is 1. The fourth-order valence-electron chi connectivity index (χ4n) is 4.42. The van der Waals surface area contributed by atoms with Crippen molar-refractivity contribution in [3.05, 3.63) is 72.3 Å². The molecule has 12 heteroatoms. The van der Waals surface area contributed by atoms with Crippen LogP contribution < -0.4 is 28.6 Å². The number of ether oxygens (including phenoxy) is 4. The van der Waals surface area contributed by atoms with Gasteiger partial charge >= 0.3 is 0 Å². The highest BCUT2D eigenvalue weighted by Crippen LogP contribution is 2.37. The van der Waals surface area contributed by atoms with Crippen LogP contribution in [0.1, 0.15) is 26.3 Å². The molecule has 11 nitrogen and oxygen atoms in total. The van der Waals surface area contributed by atoms with Crippen LogP contribution in [0.4, 0.5) is 5.69 Å². The fourth-order valence-corrected chi connectivity index (χ4v) is 5.86. The molecule has 3 aromatic rings. The fraction of sp³-hybridized carbons (Fsp3) is 0.375. The quantitative estimate of drug-likeness (QED) is 0.267. The van der Waals surface area contributed by atoms with Crippen molar-refractivity contribution in [2.24, 2.45) is 5.92 Å². The van der Waals surface area contributed by atoms with E-state index in [1.807, 2.05) is 44.2 Å². The SMILES string of the molecule is COc1ccc(OC)c(N(CC(=O)N(Cc2ccccc2)[C@H](C)C(=O)NCC(C)C)S(=O)(=O)c2ccc(OC)c(OC)c2)c1. The van der Waals surface area contributed by atoms with Gasteiger partial charge in [-0.3, -0.25) is 13.9 Å². The summed E-state index contributed by atoms with van der Waals surface area (Å²) in [6.45, 7) is 5.42. The van der Waals surface area contributed by atoms with Gasteiger partial charge in [-0.1, -0.05) is 44.2 Å². The molecule has 0 heterocycles. The number of amides is 2. The largest absolute Gasteiger partial charge is 0.497 e. The molecule has 0 aliphatic rings. The van der Waals surface area contributed by atoms with Crippen LogP contribution in [0.25, 0.3) is 0 Å². The first kappa shape index (κ1) is 34.0. The number of anilines is 1. The zero-order valence-electron chi connectivity index (χ0n) is 26.2. The summed E-state index contributed by atoms with van der Waals surface area (Å²) in [6.07, 6.45) is 0. The summed E-state index contributed by atoms with van der Waals surface area (Å²) in [6, 6.07) is 17.1. The summed E-state index contributed by atoms with van der Waals surface area (Å²) in [4.78, 5) is 28.6. The lowest BCUT2D eigenvalue weighted by atomic mass is 10.1. The summed E-state index contributed by atoms with van der Waals surface area (Å²) < 4.78 is 51.2. The van der Waals surface area contributed by atoms with Crippen LogP contribution in [-0.4, -0.2) is 72.7 Å². The number of carbonyl (C=O) groups excluding carboxylic acids is 2. The van der Waals surface area contributed by atoms with Crippen LogP contribution in [0.2, 0.25) is 0 Å². The molecule has 238 valence electrons. The lowest BCUT2D eigenvalue weighted by molar-refractivity contribution is -0.139. The first-order chi connectivity index (χ1) is 21.0. The highest BCUT2D eigenvalue weighted by molar-refractivity contribution is 7.92. The lowest BCUT2D eigenvalue weighted by Crippen LogP contribution is -2.51. The smallest absolute Gasteiger partial charge is 0.265 e. The van der Waals surface area contributed by atoms with Gasteiger partial charge in [-0.25, -0.2) is 8.42 Å². The Morgan fingerprint density at radius 1 is 0.795 bits per heavy atom. The molecule has 1 N–H and O–H groups in total. The molecular weight excluding hydrogens is 586 g/mol. The van der Waals surface area contributed by atoms with Gasteiger partial charge in [0.15, 0.2) is 11.5 Å². The van der Waals surface area contributed by atoms with Crippen molar-refractivity contribution < 1.29 is 37.0 Å². The van der Waals surface area contributed by atoms with Crippen LogP contribution >= 0.6 is 0 Å². The molecule has 0 fully saturated rings. The summed E-state index contributed by atoms with van der Waals surface area (Å²) in [5.41, 5.74) is 0.851. The number of hydrogen-bond donors (Lipinski definition) is 1. The van der Waals surface area contributed by atoms with Gasteiger partial charge in [0, 0.05) is 25.2 Å². The number of benzene rings is 3. The Kier molecular flexibility index (Phi) is 11.9. The van der Waals surface area contributed by atoms with Crippen LogP contribution in [0.3, 0.4) is 0 Å². The highest BCUT2D eigenvalue weighted by atomic mass is 32.2. The van der Waals surface area contributed by atoms with Crippen LogP contribution in [0.5, 0.6) is 23.0 Å². The van der Waals surface area contributed by atoms with E-state index in [9.17, 15) is 18.0 Å². The second-order valence-corrected chi connectivity index (χ2v) is 12.3. The number of methoxy groups -OCH3 is 4. The molecule has 0 radical (unpaired) electrons. The van der Waals surface area contributed by atoms with Crippen molar-refractivity contribution in [3.63, 3.8) is 0 Å². The Morgan fingerprint density at radius 2 is 1.43 bits per heavy atom. The van der Waals surface area contributed by atoms with Crippen molar-refractivity contribution in [3.8, 4) is 23.0 Å². The Hall–Kier alpha value is -4.45. The third-order valence-electron chi connectivity index (χ3n) is 6.92. The normalized spacial score (nSPS) is 11.8. The number of carbonyl (C=O) groups is 2. The maximum atomic E-state index is 14.3. The van der Waals surface area contributed by atoms with Gasteiger partial charge in [-0.2, -0.15) is 0 Å². The van der Waals surface area contributed by atoms with Gasteiger partial charge in [0.1, 0.15) is 24.1 Å². The van der Waals surface area contributed by atoms with E-state index in [4.69, 9.17) is 18.9 Å². The summed E-state index contributed by atoms with van der Waals surface area (Å²) in [5.74, 6) is 0.323. The van der Waals surface area contributed by atoms with Crippen molar-refractivity contribution in [2.75, 3.05) is 45.8 Å². The van der Waals surface area contributed by atoms with E-state index in [-0.39, 0.29) is 40.5 Å². The van der Waals surface area contributed by atoms with Crippen LogP contribution in [-0.2, 0) is 26.2 Å². The highest BCUT2D eigenvalue weighted by Gasteiger charge is 2.34. The van der Waals surface area contributed by atoms with E-state index in [2.05, 4.69) is 5.32 Å². The standard InChI is InChI=1S/C32H41N3O8S/c1-22(2)19-33-32(37)23(3)34(20-24-11-9-8-10-12-24)31(36)21-35(27-17-25(40-4)13-15-28(27)41-5)44(38,39)26-14-16-29(42-6)30(18-26)43-7/h8-18,22-23H,19-21H2,1-7H3,(H,33,37)/t23-/m1/s1. The van der Waals surface area contributed by atoms with Gasteiger partial charge in [-0.15, -0.1) is 0 Å². The molecule has 2 amide bonds. The maximum Gasteiger partial charge on any atom is 0.265 e. The third kappa shape index (κ3) is 8.13. The second kappa shape index (κ2) is 15.3. The maximum absolute atomic E-state index is 14.3. The molecule has 3 aromatic carbocycles. The van der Waals surface area contributed by atoms with E-state index in [1.54, 1.807) is 19.1 Å². The summed E-state index contributed by atoms with van der Waals surface area (Å²) >= 11 is 0. The number of rotatable bonds is 15. The minimum atomic E-state index is -4.42. The monoisotopic (exact) mass is 627 g/mol. The van der Waals surface area contributed by atoms with Crippen molar-refractivity contribution in [2.45, 2.75) is 38.3 Å². The average molecular weight is 628 g/mol. The number of sulfonamides is 1. The van der Waals surface area contributed by atoms with E-state index in [0.717, 1.165) is 9.87 Å².